The molecule has 2 aromatic carbocycles. The van der Waals surface area contributed by atoms with Gasteiger partial charge in [0.05, 0.1) is 17.8 Å². The maximum atomic E-state index is 12.7. The third kappa shape index (κ3) is 2.67. The van der Waals surface area contributed by atoms with Gasteiger partial charge in [-0.2, -0.15) is 0 Å². The van der Waals surface area contributed by atoms with Crippen molar-refractivity contribution in [1.82, 2.24) is 15.3 Å². The van der Waals surface area contributed by atoms with Gasteiger partial charge in [-0.05, 0) is 55.4 Å². The third-order valence-electron chi connectivity index (χ3n) is 6.06. The number of hydrogen-bond acceptors (Lipinski definition) is 4. The van der Waals surface area contributed by atoms with Gasteiger partial charge in [0, 0.05) is 17.6 Å². The Kier molecular flexibility index (Phi) is 3.91. The number of aromatic amines is 1. The van der Waals surface area contributed by atoms with Gasteiger partial charge in [0.15, 0.2) is 0 Å². The molecule has 1 aliphatic carbocycles. The molecule has 28 heavy (non-hydrogen) atoms. The number of aromatic nitrogens is 2. The summed E-state index contributed by atoms with van der Waals surface area (Å²) in [6, 6.07) is 10.5. The van der Waals surface area contributed by atoms with Crippen LogP contribution in [0.25, 0.3) is 11.0 Å². The maximum Gasteiger partial charge on any atom is 0.251 e. The van der Waals surface area contributed by atoms with Gasteiger partial charge in [-0.15, -0.1) is 0 Å². The number of carbonyl (C=O) groups is 1. The van der Waals surface area contributed by atoms with Crippen LogP contribution in [0.2, 0.25) is 0 Å². The first-order valence-corrected chi connectivity index (χ1v) is 9.85. The molecule has 0 saturated carbocycles. The Labute approximate surface area is 163 Å². The molecule has 0 radical (unpaired) electrons. The summed E-state index contributed by atoms with van der Waals surface area (Å²) in [4.78, 5) is 20.7. The van der Waals surface area contributed by atoms with Crippen molar-refractivity contribution in [2.75, 3.05) is 18.5 Å². The van der Waals surface area contributed by atoms with Gasteiger partial charge in [-0.1, -0.05) is 24.3 Å². The van der Waals surface area contributed by atoms with E-state index in [1.54, 1.807) is 0 Å². The number of amides is 1. The van der Waals surface area contributed by atoms with Crippen molar-refractivity contribution in [2.24, 2.45) is 0 Å². The number of benzene rings is 2. The van der Waals surface area contributed by atoms with Crippen LogP contribution in [0.4, 0.5) is 5.69 Å². The van der Waals surface area contributed by atoms with Crippen molar-refractivity contribution in [2.45, 2.75) is 38.1 Å². The number of hydrogen-bond donors (Lipinski definition) is 4. The van der Waals surface area contributed by atoms with Gasteiger partial charge in [-0.25, -0.2) is 4.98 Å². The average molecular weight is 376 g/mol. The smallest absolute Gasteiger partial charge is 0.251 e. The van der Waals surface area contributed by atoms with Crippen molar-refractivity contribution < 1.29 is 9.90 Å². The van der Waals surface area contributed by atoms with Crippen LogP contribution in [0.1, 0.15) is 39.3 Å². The van der Waals surface area contributed by atoms with Gasteiger partial charge in [-0.3, -0.25) is 4.79 Å². The maximum absolute atomic E-state index is 12.7. The molecule has 144 valence electrons. The van der Waals surface area contributed by atoms with E-state index in [0.717, 1.165) is 53.8 Å². The molecule has 4 N–H and O–H groups in total. The molecular formula is C22H24N4O2. The Hall–Kier alpha value is -2.86. The molecule has 0 fully saturated rings. The van der Waals surface area contributed by atoms with Crippen LogP contribution in [0, 0.1) is 6.92 Å². The Morgan fingerprint density at radius 1 is 1.29 bits per heavy atom. The molecule has 2 heterocycles. The summed E-state index contributed by atoms with van der Waals surface area (Å²) in [5, 5.41) is 15.7. The van der Waals surface area contributed by atoms with Gasteiger partial charge in [0.25, 0.3) is 5.91 Å². The summed E-state index contributed by atoms with van der Waals surface area (Å²) in [7, 11) is 0. The lowest BCUT2D eigenvalue weighted by atomic mass is 9.82. The minimum atomic E-state index is -0.146. The van der Waals surface area contributed by atoms with Gasteiger partial charge < -0.3 is 20.7 Å². The summed E-state index contributed by atoms with van der Waals surface area (Å²) >= 11 is 0. The molecule has 0 unspecified atom stereocenters. The van der Waals surface area contributed by atoms with Crippen LogP contribution >= 0.6 is 0 Å². The number of rotatable bonds is 3. The van der Waals surface area contributed by atoms with E-state index in [9.17, 15) is 4.79 Å². The van der Waals surface area contributed by atoms with Crippen LogP contribution in [0.5, 0.6) is 0 Å². The van der Waals surface area contributed by atoms with Crippen LogP contribution in [-0.2, 0) is 19.3 Å². The fourth-order valence-corrected chi connectivity index (χ4v) is 4.83. The summed E-state index contributed by atoms with van der Waals surface area (Å²) in [5.74, 6) is 0.688. The lowest BCUT2D eigenvalue weighted by molar-refractivity contribution is 0.0943. The fourth-order valence-electron chi connectivity index (χ4n) is 4.83. The van der Waals surface area contributed by atoms with E-state index in [4.69, 9.17) is 10.1 Å². The molecule has 6 nitrogen and oxygen atoms in total. The van der Waals surface area contributed by atoms with E-state index in [0.29, 0.717) is 5.56 Å². The molecule has 0 atom stereocenters. The first-order chi connectivity index (χ1) is 13.6. The highest BCUT2D eigenvalue weighted by Gasteiger charge is 2.41. The lowest BCUT2D eigenvalue weighted by Gasteiger charge is -2.37. The van der Waals surface area contributed by atoms with Crippen molar-refractivity contribution >= 4 is 22.6 Å². The number of carbonyl (C=O) groups excluding carboxylic acids is 1. The third-order valence-corrected chi connectivity index (χ3v) is 6.06. The number of nitrogens with zero attached hydrogens (tertiary/aromatic N) is 1. The van der Waals surface area contributed by atoms with Crippen LogP contribution in [0.3, 0.4) is 0 Å². The molecule has 1 amide bonds. The van der Waals surface area contributed by atoms with E-state index in [1.807, 2.05) is 13.0 Å². The SMILES string of the molecule is Cc1nc2c3c(c(C(=O)NCCO)cc2[nH]1)CCC1(Cc2ccccc2C1)N3. The molecule has 1 aromatic heterocycles. The Bertz CT molecular complexity index is 1060. The molecule has 6 heteroatoms. The molecule has 1 aliphatic heterocycles. The van der Waals surface area contributed by atoms with Crippen molar-refractivity contribution in [1.29, 1.82) is 0 Å². The zero-order valence-electron chi connectivity index (χ0n) is 15.9. The largest absolute Gasteiger partial charge is 0.395 e. The van der Waals surface area contributed by atoms with Gasteiger partial charge in [0.1, 0.15) is 11.3 Å². The summed E-state index contributed by atoms with van der Waals surface area (Å²) in [5.41, 5.74) is 7.24. The van der Waals surface area contributed by atoms with E-state index < -0.39 is 0 Å². The fraction of sp³-hybridized carbons (Fsp3) is 0.364. The highest BCUT2D eigenvalue weighted by Crippen LogP contribution is 2.43. The Balaban J connectivity index is 1.59. The zero-order chi connectivity index (χ0) is 19.3. The second-order valence-corrected chi connectivity index (χ2v) is 8.00. The van der Waals surface area contributed by atoms with Crippen molar-refractivity contribution in [3.63, 3.8) is 0 Å². The predicted molar refractivity (Wildman–Crippen MR) is 109 cm³/mol. The lowest BCUT2D eigenvalue weighted by Crippen LogP contribution is -2.43. The number of aryl methyl sites for hydroxylation is 1. The number of nitrogens with one attached hydrogen (secondary N) is 3. The van der Waals surface area contributed by atoms with Crippen molar-refractivity contribution in [3.8, 4) is 0 Å². The Morgan fingerprint density at radius 3 is 2.75 bits per heavy atom. The second kappa shape index (κ2) is 6.34. The predicted octanol–water partition coefficient (Wildman–Crippen LogP) is 2.49. The number of fused-ring (bicyclic) bond motifs is 4. The number of H-pyrrole nitrogens is 1. The summed E-state index contributed by atoms with van der Waals surface area (Å²) in [6.45, 7) is 2.11. The van der Waals surface area contributed by atoms with Crippen LogP contribution < -0.4 is 10.6 Å². The highest BCUT2D eigenvalue weighted by atomic mass is 16.3. The second-order valence-electron chi connectivity index (χ2n) is 8.00. The average Bonchev–Trinajstić information content (AvgIpc) is 3.24. The molecular weight excluding hydrogens is 352 g/mol. The van der Waals surface area contributed by atoms with Crippen LogP contribution in [0.15, 0.2) is 30.3 Å². The van der Waals surface area contributed by atoms with E-state index in [1.165, 1.54) is 11.1 Å². The minimum absolute atomic E-state index is 0.0172. The highest BCUT2D eigenvalue weighted by molar-refractivity contribution is 6.04. The minimum Gasteiger partial charge on any atom is -0.395 e. The number of aliphatic hydroxyl groups is 1. The molecule has 2 aliphatic rings. The van der Waals surface area contributed by atoms with Gasteiger partial charge in [0.2, 0.25) is 0 Å². The van der Waals surface area contributed by atoms with Gasteiger partial charge >= 0.3 is 0 Å². The summed E-state index contributed by atoms with van der Waals surface area (Å²) in [6.07, 6.45) is 3.80. The monoisotopic (exact) mass is 376 g/mol. The summed E-state index contributed by atoms with van der Waals surface area (Å²) < 4.78 is 0. The number of imidazole rings is 1. The normalized spacial score (nSPS) is 16.6. The van der Waals surface area contributed by atoms with E-state index >= 15 is 0 Å². The Morgan fingerprint density at radius 2 is 2.04 bits per heavy atom. The number of anilines is 1. The van der Waals surface area contributed by atoms with E-state index in [-0.39, 0.29) is 24.6 Å². The molecule has 3 aromatic rings. The van der Waals surface area contributed by atoms with E-state index in [2.05, 4.69) is 39.9 Å². The topological polar surface area (TPSA) is 90.0 Å². The first kappa shape index (κ1) is 17.3. The first-order valence-electron chi connectivity index (χ1n) is 9.85. The van der Waals surface area contributed by atoms with Crippen LogP contribution in [-0.4, -0.2) is 39.7 Å². The standard InChI is InChI=1S/C22H24N4O2/c1-13-24-18-10-17(21(28)23-8-9-27)16-6-7-22(26-19(16)20(18)25-13)11-14-4-2-3-5-15(14)12-22/h2-5,10,26-27H,6-9,11-12H2,1H3,(H,23,28)(H,24,25). The molecule has 0 saturated heterocycles. The molecule has 5 rings (SSSR count). The quantitative estimate of drug-likeness (QED) is 0.565. The molecule has 1 spiro atoms. The number of aliphatic hydroxyl groups excluding tert-OH is 1. The molecule has 0 bridgehead atoms. The van der Waals surface area contributed by atoms with Crippen molar-refractivity contribution in [3.05, 3.63) is 58.4 Å². The zero-order valence-corrected chi connectivity index (χ0v) is 15.9.